The van der Waals surface area contributed by atoms with E-state index < -0.39 is 0 Å². The van der Waals surface area contributed by atoms with Crippen LogP contribution in [0.3, 0.4) is 0 Å². The Morgan fingerprint density at radius 3 is 2.36 bits per heavy atom. The fourth-order valence-corrected chi connectivity index (χ4v) is 4.08. The lowest BCUT2D eigenvalue weighted by molar-refractivity contribution is -0.114. The number of ketones is 2. The highest BCUT2D eigenvalue weighted by atomic mass is 16.1. The second-order valence-corrected chi connectivity index (χ2v) is 7.37. The summed E-state index contributed by atoms with van der Waals surface area (Å²) in [5.41, 5.74) is 7.86. The number of hydrogen-bond acceptors (Lipinski definition) is 4. The van der Waals surface area contributed by atoms with Crippen molar-refractivity contribution >= 4 is 11.6 Å². The average Bonchev–Trinajstić information content (AvgIpc) is 2.61. The molecule has 3 aliphatic rings. The van der Waals surface area contributed by atoms with Gasteiger partial charge in [0.25, 0.3) is 0 Å². The van der Waals surface area contributed by atoms with Crippen molar-refractivity contribution in [1.29, 1.82) is 0 Å². The topological polar surface area (TPSA) is 72.2 Å². The van der Waals surface area contributed by atoms with Crippen molar-refractivity contribution in [3.63, 3.8) is 0 Å². The third-order valence-electron chi connectivity index (χ3n) is 5.54. The van der Waals surface area contributed by atoms with Gasteiger partial charge in [-0.3, -0.25) is 9.59 Å². The molecule has 0 spiro atoms. The number of carbonyl (C=O) groups excluding carboxylic acids is 2. The Balaban J connectivity index is 1.65. The summed E-state index contributed by atoms with van der Waals surface area (Å²) in [6.07, 6.45) is 16.2. The molecule has 0 heterocycles. The fourth-order valence-electron chi connectivity index (χ4n) is 4.08. The number of allylic oxidation sites excluding steroid dienone is 6. The number of carbonyl (C=O) groups is 2. The average molecular weight is 340 g/mol. The third kappa shape index (κ3) is 3.94. The van der Waals surface area contributed by atoms with Crippen molar-refractivity contribution in [3.05, 3.63) is 46.8 Å². The number of unbranched alkanes of at least 4 members (excludes halogenated alkanes) is 2. The van der Waals surface area contributed by atoms with Gasteiger partial charge in [0.15, 0.2) is 11.6 Å². The van der Waals surface area contributed by atoms with Crippen LogP contribution in [-0.2, 0) is 9.59 Å². The minimum atomic E-state index is -0.185. The minimum Gasteiger partial charge on any atom is -0.398 e. The van der Waals surface area contributed by atoms with E-state index in [1.807, 2.05) is 0 Å². The van der Waals surface area contributed by atoms with Crippen molar-refractivity contribution < 1.29 is 9.59 Å². The number of fused-ring (bicyclic) bond motifs is 1. The molecular weight excluding hydrogens is 312 g/mol. The Bertz CT molecular complexity index is 674. The van der Waals surface area contributed by atoms with Gasteiger partial charge in [0.05, 0.1) is 11.1 Å². The Morgan fingerprint density at radius 1 is 0.960 bits per heavy atom. The smallest absolute Gasteiger partial charge is 0.188 e. The van der Waals surface area contributed by atoms with Crippen LogP contribution in [0.5, 0.6) is 0 Å². The first kappa shape index (κ1) is 17.7. The van der Waals surface area contributed by atoms with Gasteiger partial charge in [-0.1, -0.05) is 32.6 Å². The summed E-state index contributed by atoms with van der Waals surface area (Å²) in [4.78, 5) is 24.4. The highest BCUT2D eigenvalue weighted by Gasteiger charge is 2.30. The Hall–Kier alpha value is -2.10. The number of rotatable bonds is 6. The van der Waals surface area contributed by atoms with Crippen LogP contribution >= 0.6 is 0 Å². The molecule has 0 atom stereocenters. The van der Waals surface area contributed by atoms with Crippen LogP contribution < -0.4 is 11.1 Å². The predicted molar refractivity (Wildman–Crippen MR) is 99.6 cm³/mol. The van der Waals surface area contributed by atoms with Gasteiger partial charge in [-0.2, -0.15) is 0 Å². The second kappa shape index (κ2) is 7.85. The largest absolute Gasteiger partial charge is 0.398 e. The van der Waals surface area contributed by atoms with E-state index >= 15 is 0 Å². The maximum absolute atomic E-state index is 12.3. The van der Waals surface area contributed by atoms with Crippen LogP contribution in [0.1, 0.15) is 58.3 Å². The van der Waals surface area contributed by atoms with Crippen molar-refractivity contribution in [2.24, 2.45) is 11.7 Å². The van der Waals surface area contributed by atoms with Crippen LogP contribution in [0.4, 0.5) is 0 Å². The molecule has 4 heteroatoms. The summed E-state index contributed by atoms with van der Waals surface area (Å²) in [5, 5.41) is 3.51. The van der Waals surface area contributed by atoms with E-state index in [2.05, 4.69) is 12.2 Å². The summed E-state index contributed by atoms with van der Waals surface area (Å²) >= 11 is 0. The highest BCUT2D eigenvalue weighted by Crippen LogP contribution is 2.31. The summed E-state index contributed by atoms with van der Waals surface area (Å²) in [6, 6.07) is 0.365. The number of nitrogens with one attached hydrogen (secondary N) is 1. The molecule has 3 aliphatic carbocycles. The van der Waals surface area contributed by atoms with Crippen molar-refractivity contribution in [3.8, 4) is 0 Å². The zero-order valence-electron chi connectivity index (χ0n) is 15.0. The van der Waals surface area contributed by atoms with Crippen LogP contribution in [-0.4, -0.2) is 17.6 Å². The number of hydrogen-bond donors (Lipinski definition) is 2. The van der Waals surface area contributed by atoms with Gasteiger partial charge < -0.3 is 11.1 Å². The molecule has 0 radical (unpaired) electrons. The van der Waals surface area contributed by atoms with Gasteiger partial charge in [0.1, 0.15) is 0 Å². The SMILES string of the molecule is CCCCCC1CCC(NC2=C3C(=O)C=CC(N)=C3C(=O)C=C2)CC1. The molecule has 134 valence electrons. The van der Waals surface area contributed by atoms with Crippen LogP contribution in [0.25, 0.3) is 0 Å². The van der Waals surface area contributed by atoms with E-state index in [9.17, 15) is 9.59 Å². The fraction of sp³-hybridized carbons (Fsp3) is 0.524. The third-order valence-corrected chi connectivity index (χ3v) is 5.54. The first-order chi connectivity index (χ1) is 12.1. The lowest BCUT2D eigenvalue weighted by atomic mass is 9.82. The minimum absolute atomic E-state index is 0.141. The molecule has 0 aromatic rings. The molecule has 0 amide bonds. The molecule has 4 nitrogen and oxygen atoms in total. The van der Waals surface area contributed by atoms with Gasteiger partial charge in [-0.15, -0.1) is 0 Å². The van der Waals surface area contributed by atoms with E-state index in [0.29, 0.717) is 22.9 Å². The quantitative estimate of drug-likeness (QED) is 0.726. The van der Waals surface area contributed by atoms with Crippen molar-refractivity contribution in [2.45, 2.75) is 64.3 Å². The standard InChI is InChI=1S/C21H28N2O2/c1-2-3-4-5-14-6-8-15(9-7-14)23-17-11-13-18(24)20-16(22)10-12-19(25)21(17)20/h10-15,23H,2-9,22H2,1H3. The van der Waals surface area contributed by atoms with Crippen LogP contribution in [0, 0.1) is 5.92 Å². The van der Waals surface area contributed by atoms with E-state index in [4.69, 9.17) is 5.73 Å². The molecule has 0 unspecified atom stereocenters. The monoisotopic (exact) mass is 340 g/mol. The molecule has 0 aliphatic heterocycles. The molecule has 25 heavy (non-hydrogen) atoms. The van der Waals surface area contributed by atoms with Gasteiger partial charge in [0.2, 0.25) is 0 Å². The van der Waals surface area contributed by atoms with Crippen molar-refractivity contribution in [1.82, 2.24) is 5.32 Å². The maximum Gasteiger partial charge on any atom is 0.188 e. The molecule has 3 N–H and O–H groups in total. The first-order valence-corrected chi connectivity index (χ1v) is 9.56. The second-order valence-electron chi connectivity index (χ2n) is 7.37. The van der Waals surface area contributed by atoms with Crippen LogP contribution in [0.15, 0.2) is 46.8 Å². The molecule has 0 saturated heterocycles. The van der Waals surface area contributed by atoms with Crippen molar-refractivity contribution in [2.75, 3.05) is 0 Å². The van der Waals surface area contributed by atoms with Gasteiger partial charge >= 0.3 is 0 Å². The lowest BCUT2D eigenvalue weighted by Crippen LogP contribution is -2.35. The molecule has 3 rings (SSSR count). The zero-order chi connectivity index (χ0) is 17.8. The van der Waals surface area contributed by atoms with E-state index in [-0.39, 0.29) is 11.6 Å². The summed E-state index contributed by atoms with van der Waals surface area (Å²) in [7, 11) is 0. The van der Waals surface area contributed by atoms with E-state index in [1.54, 1.807) is 6.08 Å². The van der Waals surface area contributed by atoms with E-state index in [0.717, 1.165) is 24.5 Å². The summed E-state index contributed by atoms with van der Waals surface area (Å²) in [5.74, 6) is 0.518. The Morgan fingerprint density at radius 2 is 1.64 bits per heavy atom. The van der Waals surface area contributed by atoms with E-state index in [1.165, 1.54) is 56.8 Å². The first-order valence-electron chi connectivity index (χ1n) is 9.56. The maximum atomic E-state index is 12.3. The molecule has 1 saturated carbocycles. The Kier molecular flexibility index (Phi) is 5.57. The van der Waals surface area contributed by atoms with Gasteiger partial charge in [-0.05, 0) is 55.9 Å². The predicted octanol–water partition coefficient (Wildman–Crippen LogP) is 3.46. The normalized spacial score (nSPS) is 26.3. The Labute approximate surface area is 149 Å². The summed E-state index contributed by atoms with van der Waals surface area (Å²) < 4.78 is 0. The van der Waals surface area contributed by atoms with Crippen LogP contribution in [0.2, 0.25) is 0 Å². The van der Waals surface area contributed by atoms with Gasteiger partial charge in [-0.25, -0.2) is 0 Å². The van der Waals surface area contributed by atoms with Gasteiger partial charge in [0, 0.05) is 17.4 Å². The molecule has 0 bridgehead atoms. The lowest BCUT2D eigenvalue weighted by Gasteiger charge is -2.31. The summed E-state index contributed by atoms with van der Waals surface area (Å²) in [6.45, 7) is 2.25. The molecular formula is C21H28N2O2. The zero-order valence-corrected chi connectivity index (χ0v) is 15.0. The molecule has 0 aromatic heterocycles. The molecule has 1 fully saturated rings. The highest BCUT2D eigenvalue weighted by molar-refractivity contribution is 6.23. The number of nitrogens with two attached hydrogens (primary N) is 1. The molecule has 0 aromatic carbocycles.